The normalized spacial score (nSPS) is 11.7. The largest absolute Gasteiger partial charge is 0.339 e. The Kier molecular flexibility index (Phi) is 4.96. The van der Waals surface area contributed by atoms with Crippen molar-refractivity contribution >= 4 is 23.5 Å². The van der Waals surface area contributed by atoms with Crippen LogP contribution in [-0.4, -0.2) is 22.6 Å². The zero-order chi connectivity index (χ0) is 11.3. The van der Waals surface area contributed by atoms with Gasteiger partial charge in [0.25, 0.3) is 0 Å². The van der Waals surface area contributed by atoms with Crippen molar-refractivity contribution in [1.82, 2.24) is 5.32 Å². The van der Waals surface area contributed by atoms with Crippen molar-refractivity contribution in [3.8, 4) is 0 Å². The molecule has 0 saturated heterocycles. The molecule has 1 aromatic rings. The SMILES string of the molecule is O=P(O)(O)CNCCc1ccccc1Br. The van der Waals surface area contributed by atoms with Gasteiger partial charge in [0.05, 0.1) is 6.29 Å². The smallest absolute Gasteiger partial charge is 0.324 e. The molecule has 0 radical (unpaired) electrons. The topological polar surface area (TPSA) is 69.6 Å². The second kappa shape index (κ2) is 5.77. The van der Waals surface area contributed by atoms with Gasteiger partial charge in [-0.05, 0) is 24.6 Å². The van der Waals surface area contributed by atoms with E-state index >= 15 is 0 Å². The van der Waals surface area contributed by atoms with Crippen LogP contribution in [0.3, 0.4) is 0 Å². The van der Waals surface area contributed by atoms with Gasteiger partial charge in [-0.2, -0.15) is 0 Å². The fourth-order valence-corrected chi connectivity index (χ4v) is 2.08. The van der Waals surface area contributed by atoms with E-state index in [9.17, 15) is 4.57 Å². The summed E-state index contributed by atoms with van der Waals surface area (Å²) < 4.78 is 11.5. The van der Waals surface area contributed by atoms with Crippen LogP contribution in [0.15, 0.2) is 28.7 Å². The van der Waals surface area contributed by atoms with Gasteiger partial charge >= 0.3 is 7.60 Å². The predicted molar refractivity (Wildman–Crippen MR) is 62.8 cm³/mol. The van der Waals surface area contributed by atoms with E-state index in [0.29, 0.717) is 6.54 Å². The molecular formula is C9H13BrNO3P. The monoisotopic (exact) mass is 293 g/mol. The third kappa shape index (κ3) is 5.44. The second-order valence-corrected chi connectivity index (χ2v) is 5.66. The van der Waals surface area contributed by atoms with Crippen LogP contribution in [-0.2, 0) is 11.0 Å². The van der Waals surface area contributed by atoms with Crippen molar-refractivity contribution in [1.29, 1.82) is 0 Å². The molecule has 0 amide bonds. The molecule has 0 aliphatic rings. The van der Waals surface area contributed by atoms with Crippen LogP contribution in [0.2, 0.25) is 0 Å². The highest BCUT2D eigenvalue weighted by Gasteiger charge is 2.10. The molecule has 0 unspecified atom stereocenters. The standard InChI is InChI=1S/C9H13BrNO3P/c10-9-4-2-1-3-8(9)5-6-11-7-15(12,13)14/h1-4,11H,5-7H2,(H2,12,13,14). The van der Waals surface area contributed by atoms with Crippen molar-refractivity contribution in [3.05, 3.63) is 34.3 Å². The van der Waals surface area contributed by atoms with Crippen molar-refractivity contribution in [2.75, 3.05) is 12.8 Å². The van der Waals surface area contributed by atoms with Gasteiger partial charge in [-0.1, -0.05) is 34.1 Å². The first-order valence-corrected chi connectivity index (χ1v) is 7.07. The number of rotatable bonds is 5. The Balaban J connectivity index is 2.33. The zero-order valence-electron chi connectivity index (χ0n) is 8.06. The third-order valence-electron chi connectivity index (χ3n) is 1.85. The molecule has 1 rings (SSSR count). The summed E-state index contributed by atoms with van der Waals surface area (Å²) in [7, 11) is -3.92. The summed E-state index contributed by atoms with van der Waals surface area (Å²) >= 11 is 3.41. The minimum Gasteiger partial charge on any atom is -0.324 e. The van der Waals surface area contributed by atoms with Crippen LogP contribution in [0.1, 0.15) is 5.56 Å². The van der Waals surface area contributed by atoms with E-state index in [1.54, 1.807) is 0 Å². The quantitative estimate of drug-likeness (QED) is 0.571. The molecule has 0 heterocycles. The van der Waals surface area contributed by atoms with E-state index in [1.165, 1.54) is 0 Å². The maximum Gasteiger partial charge on any atom is 0.339 e. The summed E-state index contributed by atoms with van der Waals surface area (Å²) in [5.74, 6) is 0. The van der Waals surface area contributed by atoms with Gasteiger partial charge < -0.3 is 15.1 Å². The van der Waals surface area contributed by atoms with Gasteiger partial charge in [0, 0.05) is 4.47 Å². The number of hydrogen-bond acceptors (Lipinski definition) is 2. The molecule has 0 bridgehead atoms. The Hall–Kier alpha value is -0.190. The molecule has 0 spiro atoms. The van der Waals surface area contributed by atoms with E-state index in [2.05, 4.69) is 21.2 Å². The third-order valence-corrected chi connectivity index (χ3v) is 3.26. The lowest BCUT2D eigenvalue weighted by Crippen LogP contribution is -2.18. The molecule has 0 aliphatic heterocycles. The van der Waals surface area contributed by atoms with Crippen molar-refractivity contribution in [2.45, 2.75) is 6.42 Å². The molecular weight excluding hydrogens is 281 g/mol. The van der Waals surface area contributed by atoms with Crippen molar-refractivity contribution < 1.29 is 14.4 Å². The van der Waals surface area contributed by atoms with E-state index < -0.39 is 7.60 Å². The molecule has 0 aliphatic carbocycles. The highest BCUT2D eigenvalue weighted by molar-refractivity contribution is 9.10. The Morgan fingerprint density at radius 2 is 2.00 bits per heavy atom. The average Bonchev–Trinajstić information content (AvgIpc) is 2.13. The minimum absolute atomic E-state index is 0.266. The highest BCUT2D eigenvalue weighted by atomic mass is 79.9. The minimum atomic E-state index is -3.92. The molecule has 3 N–H and O–H groups in total. The van der Waals surface area contributed by atoms with Crippen LogP contribution in [0.25, 0.3) is 0 Å². The summed E-state index contributed by atoms with van der Waals surface area (Å²) in [6, 6.07) is 7.78. The van der Waals surface area contributed by atoms with Crippen molar-refractivity contribution in [2.24, 2.45) is 0 Å². The average molecular weight is 294 g/mol. The first-order chi connectivity index (χ1) is 6.99. The summed E-state index contributed by atoms with van der Waals surface area (Å²) in [5.41, 5.74) is 1.12. The Labute approximate surface area is 97.0 Å². The molecule has 0 aromatic heterocycles. The molecule has 1 aromatic carbocycles. The van der Waals surface area contributed by atoms with Crippen LogP contribution >= 0.6 is 23.5 Å². The highest BCUT2D eigenvalue weighted by Crippen LogP contribution is 2.31. The van der Waals surface area contributed by atoms with Gasteiger partial charge in [0.2, 0.25) is 0 Å². The number of benzene rings is 1. The molecule has 0 saturated carbocycles. The van der Waals surface area contributed by atoms with E-state index in [1.807, 2.05) is 24.3 Å². The number of nitrogens with one attached hydrogen (secondary N) is 1. The van der Waals surface area contributed by atoms with E-state index in [0.717, 1.165) is 16.5 Å². The van der Waals surface area contributed by atoms with Crippen molar-refractivity contribution in [3.63, 3.8) is 0 Å². The summed E-state index contributed by atoms with van der Waals surface area (Å²) in [6.45, 7) is 0.549. The zero-order valence-corrected chi connectivity index (χ0v) is 10.5. The van der Waals surface area contributed by atoms with Crippen LogP contribution in [0, 0.1) is 0 Å². The fourth-order valence-electron chi connectivity index (χ4n) is 1.15. The fraction of sp³-hybridized carbons (Fsp3) is 0.333. The van der Waals surface area contributed by atoms with Crippen LogP contribution < -0.4 is 5.32 Å². The number of halogens is 1. The Bertz CT molecular complexity index is 366. The second-order valence-electron chi connectivity index (χ2n) is 3.16. The maximum atomic E-state index is 10.5. The lowest BCUT2D eigenvalue weighted by atomic mass is 10.1. The van der Waals surface area contributed by atoms with Crippen LogP contribution in [0.4, 0.5) is 0 Å². The predicted octanol–water partition coefficient (Wildman–Crippen LogP) is 1.72. The summed E-state index contributed by atoms with van der Waals surface area (Å²) in [6.07, 6.45) is 0.471. The first-order valence-electron chi connectivity index (χ1n) is 4.48. The Morgan fingerprint density at radius 3 is 2.60 bits per heavy atom. The Morgan fingerprint density at radius 1 is 1.33 bits per heavy atom. The molecule has 0 atom stereocenters. The van der Waals surface area contributed by atoms with Gasteiger partial charge in [-0.15, -0.1) is 0 Å². The number of hydrogen-bond donors (Lipinski definition) is 3. The summed E-state index contributed by atoms with van der Waals surface area (Å²) in [5, 5.41) is 2.72. The molecule has 84 valence electrons. The molecule has 4 nitrogen and oxygen atoms in total. The maximum absolute atomic E-state index is 10.5. The molecule has 0 fully saturated rings. The molecule has 15 heavy (non-hydrogen) atoms. The van der Waals surface area contributed by atoms with Gasteiger partial charge in [-0.3, -0.25) is 4.57 Å². The van der Waals surface area contributed by atoms with Crippen LogP contribution in [0.5, 0.6) is 0 Å². The van der Waals surface area contributed by atoms with E-state index in [4.69, 9.17) is 9.79 Å². The first kappa shape index (κ1) is 12.9. The lowest BCUT2D eigenvalue weighted by molar-refractivity contribution is 0.368. The lowest BCUT2D eigenvalue weighted by Gasteiger charge is -2.07. The van der Waals surface area contributed by atoms with Gasteiger partial charge in [0.1, 0.15) is 0 Å². The van der Waals surface area contributed by atoms with Gasteiger partial charge in [0.15, 0.2) is 0 Å². The van der Waals surface area contributed by atoms with E-state index in [-0.39, 0.29) is 6.29 Å². The van der Waals surface area contributed by atoms with Gasteiger partial charge in [-0.25, -0.2) is 0 Å². The molecule has 6 heteroatoms. The summed E-state index contributed by atoms with van der Waals surface area (Å²) in [4.78, 5) is 17.2.